The van der Waals surface area contributed by atoms with Crippen LogP contribution in [0, 0.1) is 11.3 Å². The average Bonchev–Trinajstić information content (AvgIpc) is 3.39. The molecule has 2 heterocycles. The highest BCUT2D eigenvalue weighted by atomic mass is 35.5. The predicted octanol–water partition coefficient (Wildman–Crippen LogP) is 5.40. The molecule has 40 heavy (non-hydrogen) atoms. The smallest absolute Gasteiger partial charge is 0.332 e. The first-order chi connectivity index (χ1) is 19.1. The van der Waals surface area contributed by atoms with E-state index in [0.717, 1.165) is 27.7 Å². The Morgan fingerprint density at radius 2 is 1.73 bits per heavy atom. The molecule has 0 aromatic heterocycles. The predicted molar refractivity (Wildman–Crippen MR) is 152 cm³/mol. The number of nitriles is 1. The molecule has 3 amide bonds. The number of carbonyl (C=O) groups excluding carboxylic acids is 2. The summed E-state index contributed by atoms with van der Waals surface area (Å²) in [7, 11) is 1.64. The summed E-state index contributed by atoms with van der Waals surface area (Å²) in [4.78, 5) is 43.5. The highest BCUT2D eigenvalue weighted by molar-refractivity contribution is 6.35. The van der Waals surface area contributed by atoms with E-state index < -0.39 is 17.5 Å². The zero-order chi connectivity index (χ0) is 28.6. The van der Waals surface area contributed by atoms with Gasteiger partial charge in [0.15, 0.2) is 0 Å². The Balaban J connectivity index is 1.51. The molecule has 10 heteroatoms. The topological polar surface area (TPSA) is 105 Å². The van der Waals surface area contributed by atoms with E-state index in [1.807, 2.05) is 36.4 Å². The van der Waals surface area contributed by atoms with Crippen LogP contribution in [0.5, 0.6) is 0 Å². The van der Waals surface area contributed by atoms with Crippen LogP contribution < -0.4 is 4.90 Å². The number of carboxylic acids is 1. The molecule has 2 atom stereocenters. The van der Waals surface area contributed by atoms with E-state index in [4.69, 9.17) is 28.3 Å². The van der Waals surface area contributed by atoms with Gasteiger partial charge in [0, 0.05) is 48.7 Å². The molecule has 0 saturated carbocycles. The maximum Gasteiger partial charge on any atom is 0.332 e. The van der Waals surface area contributed by atoms with Crippen molar-refractivity contribution in [1.82, 2.24) is 9.80 Å². The maximum atomic E-state index is 14.3. The van der Waals surface area contributed by atoms with Crippen LogP contribution in [0.15, 0.2) is 72.8 Å². The van der Waals surface area contributed by atoms with E-state index in [9.17, 15) is 19.6 Å². The van der Waals surface area contributed by atoms with Crippen molar-refractivity contribution in [2.24, 2.45) is 0 Å². The lowest BCUT2D eigenvalue weighted by atomic mass is 9.80. The minimum atomic E-state index is -1.20. The number of aliphatic carboxylic acids is 1. The monoisotopic (exact) mass is 574 g/mol. The molecule has 0 bridgehead atoms. The van der Waals surface area contributed by atoms with Gasteiger partial charge in [0.2, 0.25) is 0 Å². The highest BCUT2D eigenvalue weighted by Crippen LogP contribution is 2.47. The van der Waals surface area contributed by atoms with Gasteiger partial charge < -0.3 is 10.0 Å². The molecule has 0 unspecified atom stereocenters. The molecule has 2 aliphatic rings. The number of likely N-dealkylation sites (tertiary alicyclic amines) is 1. The first kappa shape index (κ1) is 27.4. The fourth-order valence-electron chi connectivity index (χ4n) is 5.57. The number of carboxylic acid groups (broad SMARTS) is 1. The molecule has 5 rings (SSSR count). The molecule has 8 nitrogen and oxygen atoms in total. The van der Waals surface area contributed by atoms with Crippen LogP contribution in [0.1, 0.15) is 28.2 Å². The van der Waals surface area contributed by atoms with Crippen molar-refractivity contribution in [3.63, 3.8) is 0 Å². The number of benzene rings is 3. The number of amides is 3. The summed E-state index contributed by atoms with van der Waals surface area (Å²) in [6.07, 6.45) is 2.60. The lowest BCUT2D eigenvalue weighted by Crippen LogP contribution is -2.53. The van der Waals surface area contributed by atoms with Gasteiger partial charge in [0.1, 0.15) is 5.54 Å². The zero-order valence-electron chi connectivity index (χ0n) is 21.4. The van der Waals surface area contributed by atoms with Crippen LogP contribution in [0.2, 0.25) is 10.0 Å². The minimum Gasteiger partial charge on any atom is -0.478 e. The number of hydrogen-bond donors (Lipinski definition) is 1. The number of rotatable bonds is 6. The molecule has 202 valence electrons. The van der Waals surface area contributed by atoms with Gasteiger partial charge in [-0.1, -0.05) is 59.6 Å². The van der Waals surface area contributed by atoms with E-state index in [1.165, 1.54) is 17.0 Å². The molecule has 3 aromatic carbocycles. The van der Waals surface area contributed by atoms with E-state index >= 15 is 0 Å². The summed E-state index contributed by atoms with van der Waals surface area (Å²) in [6.45, 7) is 1.28. The third kappa shape index (κ3) is 4.95. The lowest BCUT2D eigenvalue weighted by Gasteiger charge is -2.34. The van der Waals surface area contributed by atoms with Crippen molar-refractivity contribution in [3.05, 3.63) is 105 Å². The number of anilines is 1. The van der Waals surface area contributed by atoms with Crippen LogP contribution >= 0.6 is 23.2 Å². The second kappa shape index (κ2) is 10.8. The van der Waals surface area contributed by atoms with Gasteiger partial charge in [0.05, 0.1) is 17.3 Å². The number of nitrogens with zero attached hydrogens (tertiary/aromatic N) is 4. The van der Waals surface area contributed by atoms with Crippen molar-refractivity contribution in [3.8, 4) is 6.07 Å². The van der Waals surface area contributed by atoms with Crippen LogP contribution in [-0.2, 0) is 16.1 Å². The summed E-state index contributed by atoms with van der Waals surface area (Å²) < 4.78 is 0. The molecule has 2 saturated heterocycles. The van der Waals surface area contributed by atoms with Gasteiger partial charge in [-0.2, -0.15) is 5.26 Å². The number of likely N-dealkylation sites (N-methyl/N-ethyl adjacent to an activating group) is 1. The third-order valence-corrected chi connectivity index (χ3v) is 7.92. The average molecular weight is 575 g/mol. The molecule has 1 N–H and O–H groups in total. The first-order valence-corrected chi connectivity index (χ1v) is 13.2. The Labute approximate surface area is 241 Å². The number of hydrogen-bond acceptors (Lipinski definition) is 5. The van der Waals surface area contributed by atoms with Gasteiger partial charge in [-0.05, 0) is 53.1 Å². The highest BCUT2D eigenvalue weighted by Gasteiger charge is 2.64. The Morgan fingerprint density at radius 3 is 2.33 bits per heavy atom. The van der Waals surface area contributed by atoms with E-state index in [-0.39, 0.29) is 18.4 Å². The second-order valence-corrected chi connectivity index (χ2v) is 10.8. The van der Waals surface area contributed by atoms with Crippen LogP contribution in [-0.4, -0.2) is 58.5 Å². The van der Waals surface area contributed by atoms with Crippen LogP contribution in [0.3, 0.4) is 0 Å². The number of carbonyl (C=O) groups is 3. The zero-order valence-corrected chi connectivity index (χ0v) is 22.9. The van der Waals surface area contributed by atoms with Crippen molar-refractivity contribution in [1.29, 1.82) is 5.26 Å². The molecular formula is C30H24Cl2N4O4. The van der Waals surface area contributed by atoms with Crippen molar-refractivity contribution in [2.45, 2.75) is 18.0 Å². The van der Waals surface area contributed by atoms with Crippen molar-refractivity contribution in [2.75, 3.05) is 25.0 Å². The van der Waals surface area contributed by atoms with Gasteiger partial charge in [-0.3, -0.25) is 9.69 Å². The van der Waals surface area contributed by atoms with E-state index in [0.29, 0.717) is 34.4 Å². The van der Waals surface area contributed by atoms with Crippen LogP contribution in [0.25, 0.3) is 6.08 Å². The molecule has 0 aliphatic carbocycles. The van der Waals surface area contributed by atoms with Gasteiger partial charge in [0.25, 0.3) is 5.91 Å². The Morgan fingerprint density at radius 1 is 1.07 bits per heavy atom. The molecule has 0 radical (unpaired) electrons. The van der Waals surface area contributed by atoms with E-state index in [1.54, 1.807) is 31.3 Å². The quantitative estimate of drug-likeness (QED) is 0.312. The summed E-state index contributed by atoms with van der Waals surface area (Å²) >= 11 is 12.4. The fraction of sp³-hybridized carbons (Fsp3) is 0.200. The molecular weight excluding hydrogens is 551 g/mol. The van der Waals surface area contributed by atoms with Gasteiger partial charge >= 0.3 is 12.0 Å². The lowest BCUT2D eigenvalue weighted by molar-refractivity contribution is -0.131. The second-order valence-electron chi connectivity index (χ2n) is 9.90. The fourth-order valence-corrected chi connectivity index (χ4v) is 6.09. The molecule has 3 aromatic rings. The van der Waals surface area contributed by atoms with Crippen molar-refractivity contribution >= 4 is 52.9 Å². The summed E-state index contributed by atoms with van der Waals surface area (Å²) in [5.74, 6) is -1.77. The SMILES string of the molecule is CN1C(=O)N(c2cc(Cl)cc(Cl)c2)C(=O)[C@]12CN(Cc1ccc(C=CC(=O)O)cc1)C[C@H]2c1ccc(C#N)cc1. The van der Waals surface area contributed by atoms with Gasteiger partial charge in [-0.25, -0.2) is 14.5 Å². The first-order valence-electron chi connectivity index (χ1n) is 12.4. The van der Waals surface area contributed by atoms with Crippen LogP contribution in [0.4, 0.5) is 10.5 Å². The largest absolute Gasteiger partial charge is 0.478 e. The van der Waals surface area contributed by atoms with Crippen molar-refractivity contribution < 1.29 is 19.5 Å². The minimum absolute atomic E-state index is 0.282. The molecule has 1 spiro atoms. The summed E-state index contributed by atoms with van der Waals surface area (Å²) in [6, 6.07) is 20.9. The molecule has 2 aliphatic heterocycles. The third-order valence-electron chi connectivity index (χ3n) is 7.48. The summed E-state index contributed by atoms with van der Waals surface area (Å²) in [5.41, 5.74) is 2.17. The normalized spacial score (nSPS) is 21.1. The number of halogens is 2. The van der Waals surface area contributed by atoms with E-state index in [2.05, 4.69) is 11.0 Å². The molecule has 2 fully saturated rings. The Bertz CT molecular complexity index is 1550. The standard InChI is InChI=1S/C30H24Cl2N4O4/c1-34-29(40)36(25-13-23(31)12-24(32)14-25)28(39)30(34)18-35(17-26(30)22-9-6-20(15-33)7-10-22)16-21-4-2-19(3-5-21)8-11-27(37)38/h2-14,26H,16-18H2,1H3,(H,37,38)/t26-,30+/m0/s1. The maximum absolute atomic E-state index is 14.3. The summed E-state index contributed by atoms with van der Waals surface area (Å²) in [5, 5.41) is 18.8. The van der Waals surface area contributed by atoms with Gasteiger partial charge in [-0.15, -0.1) is 0 Å². The Kier molecular flexibility index (Phi) is 7.39. The number of urea groups is 1. The number of imide groups is 1. The Hall–Kier alpha value is -4.16.